The van der Waals surface area contributed by atoms with Crippen LogP contribution in [0, 0.1) is 18.2 Å². The number of hydrogen-bond acceptors (Lipinski definition) is 8. The highest BCUT2D eigenvalue weighted by molar-refractivity contribution is 6.36. The Labute approximate surface area is 277 Å². The number of piperazine rings is 1. The summed E-state index contributed by atoms with van der Waals surface area (Å²) in [6, 6.07) is 7.48. The molecule has 2 atom stereocenters. The third-order valence-electron chi connectivity index (χ3n) is 8.97. The Kier molecular flexibility index (Phi) is 8.57. The van der Waals surface area contributed by atoms with Gasteiger partial charge < -0.3 is 19.2 Å². The maximum atomic E-state index is 16.7. The molecule has 0 N–H and O–H groups in total. The van der Waals surface area contributed by atoms with E-state index in [4.69, 9.17) is 32.6 Å². The summed E-state index contributed by atoms with van der Waals surface area (Å²) in [7, 11) is 2.01. The number of aromatic nitrogens is 3. The lowest BCUT2D eigenvalue weighted by molar-refractivity contribution is -0.0132. The van der Waals surface area contributed by atoms with Crippen molar-refractivity contribution in [3.8, 4) is 17.3 Å². The largest absolute Gasteiger partial charge is 0.461 e. The Balaban J connectivity index is 1.44. The second kappa shape index (κ2) is 12.4. The molecule has 0 spiro atoms. The van der Waals surface area contributed by atoms with Gasteiger partial charge in [-0.15, -0.1) is 0 Å². The van der Waals surface area contributed by atoms with Crippen LogP contribution in [0.1, 0.15) is 34.1 Å². The number of pyridine rings is 1. The molecule has 0 aliphatic carbocycles. The average molecular weight is 664 g/mol. The molecular formula is C34H36ClF2N7O3. The van der Waals surface area contributed by atoms with Gasteiger partial charge in [0.25, 0.3) is 0 Å². The molecule has 4 aromatic rings. The summed E-state index contributed by atoms with van der Waals surface area (Å²) in [6.45, 7) is 17.1. The number of carbonyl (C=O) groups excluding carboxylic acids is 1. The third kappa shape index (κ3) is 6.22. The monoisotopic (exact) mass is 663 g/mol. The van der Waals surface area contributed by atoms with Crippen LogP contribution in [0.25, 0.3) is 37.8 Å². The number of hydrogen-bond donors (Lipinski definition) is 0. The molecule has 2 saturated heterocycles. The Morgan fingerprint density at radius 3 is 2.64 bits per heavy atom. The lowest BCUT2D eigenvalue weighted by Gasteiger charge is -2.47. The topological polar surface area (TPSA) is 88.3 Å². The first-order valence-corrected chi connectivity index (χ1v) is 15.8. The minimum atomic E-state index is -0.735. The zero-order valence-electron chi connectivity index (χ0n) is 27.0. The van der Waals surface area contributed by atoms with Gasteiger partial charge in [0.2, 0.25) is 6.54 Å². The van der Waals surface area contributed by atoms with Crippen LogP contribution < -0.4 is 9.64 Å². The van der Waals surface area contributed by atoms with Crippen LogP contribution in [0.5, 0.6) is 6.01 Å². The molecule has 0 saturated carbocycles. The van der Waals surface area contributed by atoms with Crippen molar-refractivity contribution in [1.29, 1.82) is 0 Å². The summed E-state index contributed by atoms with van der Waals surface area (Å²) >= 11 is 6.39. The lowest BCUT2D eigenvalue weighted by atomic mass is 9.88. The van der Waals surface area contributed by atoms with Crippen molar-refractivity contribution in [3.63, 3.8) is 0 Å². The minimum Gasteiger partial charge on any atom is -0.461 e. The maximum absolute atomic E-state index is 16.7. The number of ether oxygens (including phenoxy) is 2. The number of amides is 1. The summed E-state index contributed by atoms with van der Waals surface area (Å²) in [4.78, 5) is 36.0. The standard InChI is InChI=1S/C34H36ClF2N7O3/c1-33(2,3)47-32(45)44-15-14-43(18-21(44)16-38-5)30-23-17-39-28(22-9-7-8-20-10-11-24(36)26(35)25(20)22)27(37)29(23)40-31(41-30)46-19-34(4)12-13-42(34)6/h7-11,17,21H,12-16,18-19H2,1-4,6H3/t21-,34?/m0/s1. The normalized spacial score (nSPS) is 20.3. The van der Waals surface area contributed by atoms with Crippen LogP contribution in [0.4, 0.5) is 19.4 Å². The van der Waals surface area contributed by atoms with Gasteiger partial charge in [-0.2, -0.15) is 9.97 Å². The van der Waals surface area contributed by atoms with Gasteiger partial charge in [0.15, 0.2) is 5.82 Å². The average Bonchev–Trinajstić information content (AvgIpc) is 3.03. The number of halogens is 3. The molecule has 0 bridgehead atoms. The van der Waals surface area contributed by atoms with Gasteiger partial charge in [-0.25, -0.2) is 20.1 Å². The SMILES string of the molecule is [C-]#[N+]C[C@H]1CN(c2nc(OCC3(C)CCN3C)nc3c(F)c(-c4cccc5ccc(F)c(Cl)c45)ncc23)CCN1C(=O)OC(C)(C)C. The van der Waals surface area contributed by atoms with Crippen molar-refractivity contribution in [2.24, 2.45) is 0 Å². The van der Waals surface area contributed by atoms with Gasteiger partial charge >= 0.3 is 12.1 Å². The first-order valence-electron chi connectivity index (χ1n) is 15.4. The number of benzene rings is 2. The van der Waals surface area contributed by atoms with E-state index in [2.05, 4.69) is 26.6 Å². The van der Waals surface area contributed by atoms with Crippen molar-refractivity contribution in [1.82, 2.24) is 24.8 Å². The molecule has 246 valence electrons. The number of anilines is 1. The van der Waals surface area contributed by atoms with Crippen LogP contribution in [0.2, 0.25) is 5.02 Å². The van der Waals surface area contributed by atoms with E-state index in [0.717, 1.165) is 13.0 Å². The highest BCUT2D eigenvalue weighted by atomic mass is 35.5. The van der Waals surface area contributed by atoms with Crippen molar-refractivity contribution < 1.29 is 23.0 Å². The zero-order chi connectivity index (χ0) is 33.7. The Morgan fingerprint density at radius 1 is 1.17 bits per heavy atom. The second-order valence-electron chi connectivity index (χ2n) is 13.3. The first kappa shape index (κ1) is 32.6. The van der Waals surface area contributed by atoms with Crippen molar-refractivity contribution in [2.75, 3.05) is 51.3 Å². The summed E-state index contributed by atoms with van der Waals surface area (Å²) in [5.41, 5.74) is -0.664. The molecule has 0 radical (unpaired) electrons. The van der Waals surface area contributed by atoms with E-state index in [0.29, 0.717) is 40.7 Å². The molecular weight excluding hydrogens is 628 g/mol. The van der Waals surface area contributed by atoms with Gasteiger partial charge in [-0.1, -0.05) is 35.9 Å². The number of rotatable bonds is 6. The predicted octanol–water partition coefficient (Wildman–Crippen LogP) is 6.59. The molecule has 2 aromatic heterocycles. The number of likely N-dealkylation sites (N-methyl/N-ethyl adjacent to an activating group) is 1. The van der Waals surface area contributed by atoms with Crippen LogP contribution in [0.15, 0.2) is 36.5 Å². The van der Waals surface area contributed by atoms with E-state index in [9.17, 15) is 9.18 Å². The number of fused-ring (bicyclic) bond motifs is 2. The fraction of sp³-hybridized carbons (Fsp3) is 0.441. The molecule has 13 heteroatoms. The maximum Gasteiger partial charge on any atom is 0.410 e. The summed E-state index contributed by atoms with van der Waals surface area (Å²) in [6.07, 6.45) is 1.92. The van der Waals surface area contributed by atoms with E-state index in [1.165, 1.54) is 12.3 Å². The van der Waals surface area contributed by atoms with Crippen LogP contribution in [0.3, 0.4) is 0 Å². The predicted molar refractivity (Wildman–Crippen MR) is 177 cm³/mol. The molecule has 4 heterocycles. The highest BCUT2D eigenvalue weighted by Crippen LogP contribution is 2.39. The van der Waals surface area contributed by atoms with Crippen LogP contribution in [-0.4, -0.2) is 94.4 Å². The quantitative estimate of drug-likeness (QED) is 0.214. The number of likely N-dealkylation sites (tertiary alicyclic amines) is 1. The van der Waals surface area contributed by atoms with Crippen molar-refractivity contribution in [2.45, 2.75) is 51.3 Å². The zero-order valence-corrected chi connectivity index (χ0v) is 27.7. The van der Waals surface area contributed by atoms with Gasteiger partial charge in [-0.3, -0.25) is 14.8 Å². The van der Waals surface area contributed by atoms with E-state index in [-0.39, 0.29) is 47.4 Å². The van der Waals surface area contributed by atoms with Crippen LogP contribution >= 0.6 is 11.6 Å². The smallest absolute Gasteiger partial charge is 0.410 e. The molecule has 2 aromatic carbocycles. The minimum absolute atomic E-state index is 0.0108. The fourth-order valence-electron chi connectivity index (χ4n) is 6.01. The van der Waals surface area contributed by atoms with E-state index in [1.807, 2.05) is 11.9 Å². The molecule has 6 rings (SSSR count). The molecule has 1 amide bonds. The van der Waals surface area contributed by atoms with E-state index < -0.39 is 29.4 Å². The Hall–Kier alpha value is -4.34. The van der Waals surface area contributed by atoms with Crippen LogP contribution in [-0.2, 0) is 4.74 Å². The van der Waals surface area contributed by atoms with Crippen molar-refractivity contribution in [3.05, 3.63) is 64.6 Å². The Morgan fingerprint density at radius 2 is 1.96 bits per heavy atom. The van der Waals surface area contributed by atoms with E-state index in [1.54, 1.807) is 49.9 Å². The van der Waals surface area contributed by atoms with Gasteiger partial charge in [0.1, 0.15) is 41.1 Å². The third-order valence-corrected chi connectivity index (χ3v) is 9.34. The molecule has 2 aliphatic rings. The second-order valence-corrected chi connectivity index (χ2v) is 13.7. The fourth-order valence-corrected chi connectivity index (χ4v) is 6.29. The van der Waals surface area contributed by atoms with Gasteiger partial charge in [0, 0.05) is 43.3 Å². The molecule has 1 unspecified atom stereocenters. The van der Waals surface area contributed by atoms with E-state index >= 15 is 4.39 Å². The molecule has 10 nitrogen and oxygen atoms in total. The number of nitrogens with zero attached hydrogens (tertiary/aromatic N) is 7. The molecule has 2 fully saturated rings. The van der Waals surface area contributed by atoms with Crippen molar-refractivity contribution >= 4 is 45.2 Å². The first-order chi connectivity index (χ1) is 22.3. The summed E-state index contributed by atoms with van der Waals surface area (Å²) in [5, 5.41) is 1.18. The highest BCUT2D eigenvalue weighted by Gasteiger charge is 2.39. The number of carbonyl (C=O) groups is 1. The summed E-state index contributed by atoms with van der Waals surface area (Å²) < 4.78 is 43.0. The van der Waals surface area contributed by atoms with Gasteiger partial charge in [0.05, 0.1) is 15.9 Å². The molecule has 47 heavy (non-hydrogen) atoms. The molecule has 2 aliphatic heterocycles. The summed E-state index contributed by atoms with van der Waals surface area (Å²) in [5.74, 6) is -0.987. The Bertz CT molecular complexity index is 1910. The van der Waals surface area contributed by atoms with Gasteiger partial charge in [-0.05, 0) is 52.6 Å². The lowest BCUT2D eigenvalue weighted by Crippen LogP contribution is -2.59.